The van der Waals surface area contributed by atoms with Gasteiger partial charge in [-0.15, -0.1) is 0 Å². The summed E-state index contributed by atoms with van der Waals surface area (Å²) in [6.45, 7) is 2.07. The molecule has 0 N–H and O–H groups in total. The minimum Gasteiger partial charge on any atom is -0.496 e. The molecular formula is C12H16Br2O3. The SMILES string of the molecule is COc1cc(OC)c(C(Br)C(C)Br)cc1OC. The summed E-state index contributed by atoms with van der Waals surface area (Å²) in [6, 6.07) is 3.76. The van der Waals surface area contributed by atoms with Crippen LogP contribution < -0.4 is 14.2 Å². The second-order valence-electron chi connectivity index (χ2n) is 3.53. The van der Waals surface area contributed by atoms with Crippen LogP contribution >= 0.6 is 31.9 Å². The normalized spacial score (nSPS) is 14.0. The number of methoxy groups -OCH3 is 3. The quantitative estimate of drug-likeness (QED) is 0.738. The molecule has 0 fully saturated rings. The molecule has 17 heavy (non-hydrogen) atoms. The standard InChI is InChI=1S/C12H16Br2O3/c1-7(13)12(14)8-5-10(16-3)11(17-4)6-9(8)15-2/h5-7,12H,1-4H3. The molecule has 2 atom stereocenters. The van der Waals surface area contributed by atoms with Gasteiger partial charge >= 0.3 is 0 Å². The fraction of sp³-hybridized carbons (Fsp3) is 0.500. The molecule has 1 rings (SSSR count). The van der Waals surface area contributed by atoms with Crippen molar-refractivity contribution in [2.75, 3.05) is 21.3 Å². The third-order valence-corrected chi connectivity index (χ3v) is 4.96. The van der Waals surface area contributed by atoms with Crippen LogP contribution in [0.5, 0.6) is 17.2 Å². The highest BCUT2D eigenvalue weighted by Gasteiger charge is 2.21. The highest BCUT2D eigenvalue weighted by molar-refractivity contribution is 9.12. The Balaban J connectivity index is 3.28. The first-order chi connectivity index (χ1) is 8.04. The van der Waals surface area contributed by atoms with E-state index >= 15 is 0 Å². The summed E-state index contributed by atoms with van der Waals surface area (Å²) in [5.41, 5.74) is 1.02. The zero-order chi connectivity index (χ0) is 13.0. The molecule has 1 aromatic carbocycles. The Morgan fingerprint density at radius 1 is 0.882 bits per heavy atom. The predicted octanol–water partition coefficient (Wildman–Crippen LogP) is 3.93. The van der Waals surface area contributed by atoms with Crippen LogP contribution in [0.15, 0.2) is 12.1 Å². The molecule has 0 amide bonds. The molecule has 96 valence electrons. The molecule has 0 spiro atoms. The summed E-state index contributed by atoms with van der Waals surface area (Å²) in [6.07, 6.45) is 0. The molecule has 1 aromatic rings. The minimum atomic E-state index is 0.136. The van der Waals surface area contributed by atoms with E-state index in [9.17, 15) is 0 Å². The number of hydrogen-bond acceptors (Lipinski definition) is 3. The molecule has 2 unspecified atom stereocenters. The van der Waals surface area contributed by atoms with E-state index in [2.05, 4.69) is 38.8 Å². The third-order valence-electron chi connectivity index (χ3n) is 2.44. The van der Waals surface area contributed by atoms with Crippen LogP contribution in [-0.4, -0.2) is 26.2 Å². The monoisotopic (exact) mass is 366 g/mol. The van der Waals surface area contributed by atoms with Crippen LogP contribution in [0.25, 0.3) is 0 Å². The molecule has 0 saturated carbocycles. The van der Waals surface area contributed by atoms with Crippen LogP contribution in [0.1, 0.15) is 17.3 Å². The lowest BCUT2D eigenvalue weighted by Crippen LogP contribution is -2.05. The van der Waals surface area contributed by atoms with Gasteiger partial charge in [-0.05, 0) is 6.07 Å². The molecule has 0 radical (unpaired) electrons. The largest absolute Gasteiger partial charge is 0.496 e. The average Bonchev–Trinajstić information content (AvgIpc) is 2.35. The summed E-state index contributed by atoms with van der Waals surface area (Å²) in [7, 11) is 4.87. The lowest BCUT2D eigenvalue weighted by molar-refractivity contribution is 0.347. The van der Waals surface area contributed by atoms with E-state index < -0.39 is 0 Å². The molecular weight excluding hydrogens is 352 g/mol. The summed E-state index contributed by atoms with van der Waals surface area (Å²) >= 11 is 7.18. The number of alkyl halides is 2. The van der Waals surface area contributed by atoms with Crippen LogP contribution in [0, 0.1) is 0 Å². The van der Waals surface area contributed by atoms with E-state index in [1.807, 2.05) is 12.1 Å². The van der Waals surface area contributed by atoms with E-state index in [4.69, 9.17) is 14.2 Å². The Bertz CT molecular complexity index is 380. The van der Waals surface area contributed by atoms with Gasteiger partial charge in [0.1, 0.15) is 5.75 Å². The van der Waals surface area contributed by atoms with Crippen molar-refractivity contribution in [3.63, 3.8) is 0 Å². The summed E-state index contributed by atoms with van der Waals surface area (Å²) in [5.74, 6) is 2.13. The molecule has 0 aliphatic heterocycles. The smallest absolute Gasteiger partial charge is 0.164 e. The first-order valence-corrected chi connectivity index (χ1v) is 6.96. The van der Waals surface area contributed by atoms with Crippen molar-refractivity contribution in [2.45, 2.75) is 16.6 Å². The fourth-order valence-electron chi connectivity index (χ4n) is 1.52. The molecule has 0 aliphatic carbocycles. The Kier molecular flexibility index (Phi) is 5.59. The first-order valence-electron chi connectivity index (χ1n) is 5.13. The Hall–Kier alpha value is -0.420. The number of benzene rings is 1. The number of hydrogen-bond donors (Lipinski definition) is 0. The van der Waals surface area contributed by atoms with Crippen molar-refractivity contribution in [2.24, 2.45) is 0 Å². The lowest BCUT2D eigenvalue weighted by atomic mass is 10.1. The minimum absolute atomic E-state index is 0.136. The van der Waals surface area contributed by atoms with Crippen LogP contribution in [0.3, 0.4) is 0 Å². The fourth-order valence-corrected chi connectivity index (χ4v) is 2.16. The van der Waals surface area contributed by atoms with Gasteiger partial charge in [0.25, 0.3) is 0 Å². The summed E-state index contributed by atoms with van der Waals surface area (Å²) < 4.78 is 15.9. The van der Waals surface area contributed by atoms with Crippen LogP contribution in [0.4, 0.5) is 0 Å². The van der Waals surface area contributed by atoms with Crippen molar-refractivity contribution in [1.29, 1.82) is 0 Å². The van der Waals surface area contributed by atoms with Crippen molar-refractivity contribution < 1.29 is 14.2 Å². The molecule has 0 saturated heterocycles. The van der Waals surface area contributed by atoms with Crippen molar-refractivity contribution in [3.8, 4) is 17.2 Å². The maximum absolute atomic E-state index is 5.37. The lowest BCUT2D eigenvalue weighted by Gasteiger charge is -2.19. The Labute approximate surface area is 119 Å². The van der Waals surface area contributed by atoms with E-state index in [1.165, 1.54) is 0 Å². The van der Waals surface area contributed by atoms with Crippen molar-refractivity contribution in [3.05, 3.63) is 17.7 Å². The van der Waals surface area contributed by atoms with Crippen LogP contribution in [-0.2, 0) is 0 Å². The van der Waals surface area contributed by atoms with Crippen LogP contribution in [0.2, 0.25) is 0 Å². The molecule has 5 heteroatoms. The zero-order valence-corrected chi connectivity index (χ0v) is 13.5. The number of rotatable bonds is 5. The van der Waals surface area contributed by atoms with Gasteiger partial charge in [0.05, 0.1) is 26.2 Å². The summed E-state index contributed by atoms with van der Waals surface area (Å²) in [5, 5.41) is 0. The maximum Gasteiger partial charge on any atom is 0.164 e. The Morgan fingerprint density at radius 3 is 1.76 bits per heavy atom. The average molecular weight is 368 g/mol. The number of halogens is 2. The molecule has 0 aromatic heterocycles. The molecule has 0 bridgehead atoms. The van der Waals surface area contributed by atoms with E-state index in [0.717, 1.165) is 11.3 Å². The predicted molar refractivity (Wildman–Crippen MR) is 76.2 cm³/mol. The van der Waals surface area contributed by atoms with E-state index in [-0.39, 0.29) is 9.65 Å². The van der Waals surface area contributed by atoms with Gasteiger partial charge in [-0.3, -0.25) is 0 Å². The van der Waals surface area contributed by atoms with Crippen molar-refractivity contribution >= 4 is 31.9 Å². The highest BCUT2D eigenvalue weighted by atomic mass is 79.9. The second kappa shape index (κ2) is 6.50. The molecule has 3 nitrogen and oxygen atoms in total. The van der Waals surface area contributed by atoms with Gasteiger partial charge in [0.2, 0.25) is 0 Å². The molecule has 0 heterocycles. The Morgan fingerprint density at radius 2 is 1.35 bits per heavy atom. The van der Waals surface area contributed by atoms with E-state index in [1.54, 1.807) is 21.3 Å². The van der Waals surface area contributed by atoms with Gasteiger partial charge in [-0.2, -0.15) is 0 Å². The van der Waals surface area contributed by atoms with Gasteiger partial charge in [0, 0.05) is 16.5 Å². The van der Waals surface area contributed by atoms with Gasteiger partial charge in [-0.1, -0.05) is 38.8 Å². The summed E-state index contributed by atoms with van der Waals surface area (Å²) in [4.78, 5) is 0.409. The topological polar surface area (TPSA) is 27.7 Å². The van der Waals surface area contributed by atoms with Gasteiger partial charge in [0.15, 0.2) is 11.5 Å². The number of ether oxygens (including phenoxy) is 3. The zero-order valence-electron chi connectivity index (χ0n) is 10.3. The second-order valence-corrected chi connectivity index (χ2v) is 5.96. The molecule has 0 aliphatic rings. The maximum atomic E-state index is 5.37. The van der Waals surface area contributed by atoms with Gasteiger partial charge < -0.3 is 14.2 Å². The third kappa shape index (κ3) is 3.28. The first kappa shape index (κ1) is 14.6. The van der Waals surface area contributed by atoms with Crippen molar-refractivity contribution in [1.82, 2.24) is 0 Å². The van der Waals surface area contributed by atoms with E-state index in [0.29, 0.717) is 11.5 Å². The van der Waals surface area contributed by atoms with Gasteiger partial charge in [-0.25, -0.2) is 0 Å². The highest BCUT2D eigenvalue weighted by Crippen LogP contribution is 2.42.